The number of ether oxygens (including phenoxy) is 2. The van der Waals surface area contributed by atoms with E-state index >= 15 is 0 Å². The lowest BCUT2D eigenvalue weighted by molar-refractivity contribution is -0.387. The number of pyridine rings is 1. The van der Waals surface area contributed by atoms with Crippen molar-refractivity contribution in [2.75, 3.05) is 6.61 Å². The van der Waals surface area contributed by atoms with Gasteiger partial charge in [-0.3, -0.25) is 10.1 Å². The molecule has 0 fully saturated rings. The number of hydrogen-bond acceptors (Lipinski definition) is 6. The highest BCUT2D eigenvalue weighted by Crippen LogP contribution is 2.30. The summed E-state index contributed by atoms with van der Waals surface area (Å²) in [4.78, 5) is 14.2. The van der Waals surface area contributed by atoms with Crippen molar-refractivity contribution in [3.05, 3.63) is 57.9 Å². The monoisotopic (exact) mass is 436 g/mol. The molecule has 1 aromatic carbocycles. The Hall–Kier alpha value is -2.92. The second-order valence-corrected chi connectivity index (χ2v) is 13.6. The van der Waals surface area contributed by atoms with Crippen LogP contribution in [0, 0.1) is 21.7 Å². The summed E-state index contributed by atoms with van der Waals surface area (Å²) in [6.07, 6.45) is 3.11. The molecule has 30 heavy (non-hydrogen) atoms. The van der Waals surface area contributed by atoms with E-state index in [9.17, 15) is 18.9 Å². The molecule has 3 rings (SSSR count). The summed E-state index contributed by atoms with van der Waals surface area (Å²) in [5.41, 5.74) is 0.293. The predicted molar refractivity (Wildman–Crippen MR) is 109 cm³/mol. The van der Waals surface area contributed by atoms with Crippen LogP contribution in [0.4, 0.5) is 14.5 Å². The van der Waals surface area contributed by atoms with Gasteiger partial charge in [0.25, 0.3) is 0 Å². The molecule has 8 nitrogen and oxygen atoms in total. The molecule has 0 saturated heterocycles. The molecule has 0 unspecified atom stereocenters. The van der Waals surface area contributed by atoms with Crippen molar-refractivity contribution in [2.24, 2.45) is 0 Å². The van der Waals surface area contributed by atoms with Gasteiger partial charge in [0.05, 0.1) is 11.1 Å². The molecule has 0 aliphatic rings. The first kappa shape index (κ1) is 21.8. The summed E-state index contributed by atoms with van der Waals surface area (Å²) in [6, 6.07) is 4.32. The van der Waals surface area contributed by atoms with Gasteiger partial charge in [-0.15, -0.1) is 0 Å². The third-order valence-electron chi connectivity index (χ3n) is 4.35. The van der Waals surface area contributed by atoms with Gasteiger partial charge < -0.3 is 9.47 Å². The van der Waals surface area contributed by atoms with Crippen molar-refractivity contribution < 1.29 is 23.2 Å². The topological polar surface area (TPSA) is 92.3 Å². The van der Waals surface area contributed by atoms with Gasteiger partial charge in [-0.2, -0.15) is 9.49 Å². The molecule has 0 saturated carbocycles. The fourth-order valence-electron chi connectivity index (χ4n) is 2.67. The Kier molecular flexibility index (Phi) is 6.42. The molecule has 2 aromatic heterocycles. The third-order valence-corrected chi connectivity index (χ3v) is 6.06. The van der Waals surface area contributed by atoms with E-state index in [1.807, 2.05) is 0 Å². The van der Waals surface area contributed by atoms with Crippen LogP contribution in [-0.2, 0) is 18.1 Å². The van der Waals surface area contributed by atoms with E-state index in [4.69, 9.17) is 9.47 Å². The van der Waals surface area contributed by atoms with Gasteiger partial charge in [0.1, 0.15) is 13.3 Å². The lowest BCUT2D eigenvalue weighted by atomic mass is 10.2. The van der Waals surface area contributed by atoms with Crippen LogP contribution in [0.15, 0.2) is 30.6 Å². The Labute approximate surface area is 172 Å². The Bertz CT molecular complexity index is 1070. The first-order valence-corrected chi connectivity index (χ1v) is 13.0. The van der Waals surface area contributed by atoms with E-state index in [0.717, 1.165) is 18.2 Å². The molecule has 160 valence electrons. The molecule has 0 atom stereocenters. The van der Waals surface area contributed by atoms with E-state index in [1.54, 1.807) is 16.9 Å². The van der Waals surface area contributed by atoms with Crippen LogP contribution in [-0.4, -0.2) is 34.4 Å². The zero-order chi connectivity index (χ0) is 21.9. The highest BCUT2D eigenvalue weighted by molar-refractivity contribution is 6.76. The lowest BCUT2D eigenvalue weighted by Gasteiger charge is -2.15. The summed E-state index contributed by atoms with van der Waals surface area (Å²) in [5.74, 6) is -3.16. The maximum absolute atomic E-state index is 14.1. The fraction of sp³-hybridized carbons (Fsp3) is 0.368. The standard InChI is InChI=1S/C19H22F2N4O4Si/c1-30(2,3)7-6-28-12-24-19-14(10-23-24)8-13(9-22-19)11-29-18-15(20)4-5-16(17(18)21)25(26)27/h4-5,8-10H,6-7,11-12H2,1-3H3. The molecule has 0 spiro atoms. The number of halogens is 2. The maximum Gasteiger partial charge on any atom is 0.308 e. The quantitative estimate of drug-likeness (QED) is 0.212. The Morgan fingerprint density at radius 1 is 1.23 bits per heavy atom. The minimum atomic E-state index is -1.35. The Balaban J connectivity index is 1.68. The molecule has 0 bridgehead atoms. The van der Waals surface area contributed by atoms with E-state index in [2.05, 4.69) is 29.7 Å². The Morgan fingerprint density at radius 3 is 2.70 bits per heavy atom. The first-order chi connectivity index (χ1) is 14.2. The molecule has 0 N–H and O–H groups in total. The molecule has 0 radical (unpaired) electrons. The second kappa shape index (κ2) is 8.84. The predicted octanol–water partition coefficient (Wildman–Crippen LogP) is 4.51. The lowest BCUT2D eigenvalue weighted by Crippen LogP contribution is -2.22. The summed E-state index contributed by atoms with van der Waals surface area (Å²) in [7, 11) is -1.17. The number of nitrogens with zero attached hydrogens (tertiary/aromatic N) is 4. The number of nitro groups is 1. The zero-order valence-electron chi connectivity index (χ0n) is 16.9. The van der Waals surface area contributed by atoms with Gasteiger partial charge in [-0.05, 0) is 18.2 Å². The molecular weight excluding hydrogens is 414 g/mol. The molecule has 0 amide bonds. The van der Waals surface area contributed by atoms with Gasteiger partial charge in [-0.25, -0.2) is 14.1 Å². The van der Waals surface area contributed by atoms with Crippen molar-refractivity contribution in [2.45, 2.75) is 39.0 Å². The molecule has 2 heterocycles. The summed E-state index contributed by atoms with van der Waals surface area (Å²) >= 11 is 0. The van der Waals surface area contributed by atoms with E-state index in [0.29, 0.717) is 23.2 Å². The SMILES string of the molecule is C[Si](C)(C)CCOCn1ncc2cc(COc3c(F)ccc([N+](=O)[O-])c3F)cnc21. The minimum absolute atomic E-state index is 0.212. The van der Waals surface area contributed by atoms with E-state index in [1.165, 1.54) is 6.20 Å². The highest BCUT2D eigenvalue weighted by atomic mass is 28.3. The Morgan fingerprint density at radius 2 is 2.00 bits per heavy atom. The smallest absolute Gasteiger partial charge is 0.308 e. The molecule has 3 aromatic rings. The highest BCUT2D eigenvalue weighted by Gasteiger charge is 2.23. The van der Waals surface area contributed by atoms with Crippen molar-refractivity contribution >= 4 is 24.8 Å². The summed E-state index contributed by atoms with van der Waals surface area (Å²) in [5, 5.41) is 15.8. The van der Waals surface area contributed by atoms with Crippen LogP contribution in [0.25, 0.3) is 11.0 Å². The number of fused-ring (bicyclic) bond motifs is 1. The van der Waals surface area contributed by atoms with Crippen molar-refractivity contribution in [3.63, 3.8) is 0 Å². The van der Waals surface area contributed by atoms with Crippen LogP contribution in [0.3, 0.4) is 0 Å². The van der Waals surface area contributed by atoms with Crippen molar-refractivity contribution in [3.8, 4) is 5.75 Å². The molecular formula is C19H22F2N4O4Si. The van der Waals surface area contributed by atoms with Gasteiger partial charge in [-0.1, -0.05) is 19.6 Å². The molecule has 0 aliphatic carbocycles. The zero-order valence-corrected chi connectivity index (χ0v) is 17.9. The van der Waals surface area contributed by atoms with Crippen molar-refractivity contribution in [1.29, 1.82) is 0 Å². The maximum atomic E-state index is 14.1. The van der Waals surface area contributed by atoms with E-state index < -0.39 is 36.1 Å². The minimum Gasteiger partial charge on any atom is -0.483 e. The van der Waals surface area contributed by atoms with Crippen LogP contribution in [0.5, 0.6) is 5.75 Å². The summed E-state index contributed by atoms with van der Waals surface area (Å²) in [6.45, 7) is 7.54. The number of benzene rings is 1. The number of aromatic nitrogens is 3. The van der Waals surface area contributed by atoms with Gasteiger partial charge in [0.2, 0.25) is 5.82 Å². The van der Waals surface area contributed by atoms with Crippen LogP contribution in [0.1, 0.15) is 5.56 Å². The van der Waals surface area contributed by atoms with Crippen LogP contribution in [0.2, 0.25) is 25.7 Å². The second-order valence-electron chi connectivity index (χ2n) is 8.00. The molecule has 11 heteroatoms. The largest absolute Gasteiger partial charge is 0.483 e. The number of rotatable bonds is 9. The van der Waals surface area contributed by atoms with Crippen LogP contribution < -0.4 is 4.74 Å². The van der Waals surface area contributed by atoms with Gasteiger partial charge >= 0.3 is 5.69 Å². The third kappa shape index (κ3) is 5.16. The normalized spacial score (nSPS) is 11.8. The fourth-order valence-corrected chi connectivity index (χ4v) is 3.43. The van der Waals surface area contributed by atoms with E-state index in [-0.39, 0.29) is 13.3 Å². The number of nitro benzene ring substituents is 1. The average molecular weight is 436 g/mol. The van der Waals surface area contributed by atoms with Crippen molar-refractivity contribution in [1.82, 2.24) is 14.8 Å². The molecule has 0 aliphatic heterocycles. The number of hydrogen-bond donors (Lipinski definition) is 0. The van der Waals surface area contributed by atoms with Crippen LogP contribution >= 0.6 is 0 Å². The van der Waals surface area contributed by atoms with Gasteiger partial charge in [0.15, 0.2) is 17.2 Å². The first-order valence-electron chi connectivity index (χ1n) is 9.29. The summed E-state index contributed by atoms with van der Waals surface area (Å²) < 4.78 is 40.4. The van der Waals surface area contributed by atoms with Gasteiger partial charge in [0, 0.05) is 37.9 Å². The average Bonchev–Trinajstić information content (AvgIpc) is 3.06.